The minimum Gasteiger partial charge on any atom is -0.616 e. The van der Waals surface area contributed by atoms with Crippen LogP contribution in [-0.2, 0) is 17.6 Å². The molecule has 4 rings (SSSR count). The largest absolute Gasteiger partial charge is 0.616 e. The fourth-order valence-electron chi connectivity index (χ4n) is 4.41. The maximum Gasteiger partial charge on any atom is 0.132 e. The van der Waals surface area contributed by atoms with Gasteiger partial charge in [0.25, 0.3) is 0 Å². The average molecular weight is 416 g/mol. The normalized spacial score (nSPS) is 27.8. The van der Waals surface area contributed by atoms with Crippen molar-refractivity contribution in [3.63, 3.8) is 0 Å². The quantitative estimate of drug-likeness (QED) is 0.546. The van der Waals surface area contributed by atoms with Crippen molar-refractivity contribution in [1.82, 2.24) is 5.32 Å². The zero-order valence-corrected chi connectivity index (χ0v) is 18.4. The molecule has 0 aromatic heterocycles. The van der Waals surface area contributed by atoms with Gasteiger partial charge in [0.05, 0.1) is 12.1 Å². The molecule has 29 heavy (non-hydrogen) atoms. The number of nitrogens with one attached hydrogen (secondary N) is 2. The van der Waals surface area contributed by atoms with Gasteiger partial charge in [-0.1, -0.05) is 11.2 Å². The first-order valence-corrected chi connectivity index (χ1v) is 12.4. The van der Waals surface area contributed by atoms with Gasteiger partial charge in [0.15, 0.2) is 0 Å². The molecule has 1 saturated heterocycles. The predicted octanol–water partition coefficient (Wildman–Crippen LogP) is 3.88. The summed E-state index contributed by atoms with van der Waals surface area (Å²) in [7, 11) is 2.16. The van der Waals surface area contributed by atoms with Crippen LogP contribution in [-0.4, -0.2) is 47.5 Å². The van der Waals surface area contributed by atoms with E-state index in [1.54, 1.807) is 0 Å². The second-order valence-electron chi connectivity index (χ2n) is 8.67. The molecule has 0 spiro atoms. The number of ether oxygens (including phenoxy) is 1. The summed E-state index contributed by atoms with van der Waals surface area (Å²) in [6.07, 6.45) is 11.3. The molecule has 3 aliphatic rings. The van der Waals surface area contributed by atoms with Crippen LogP contribution < -0.4 is 15.0 Å². The van der Waals surface area contributed by atoms with Crippen molar-refractivity contribution in [2.24, 2.45) is 0 Å². The van der Waals surface area contributed by atoms with E-state index in [9.17, 15) is 4.55 Å². The van der Waals surface area contributed by atoms with Gasteiger partial charge in [0.2, 0.25) is 0 Å². The van der Waals surface area contributed by atoms with Gasteiger partial charge in [-0.25, -0.2) is 0 Å². The third-order valence-corrected chi connectivity index (χ3v) is 8.20. The fraction of sp³-hybridized carbons (Fsp3) is 0.609. The Labute approximate surface area is 177 Å². The van der Waals surface area contributed by atoms with Gasteiger partial charge in [0, 0.05) is 47.9 Å². The Morgan fingerprint density at radius 1 is 1.28 bits per heavy atom. The summed E-state index contributed by atoms with van der Waals surface area (Å²) in [5.41, 5.74) is 4.36. The van der Waals surface area contributed by atoms with Gasteiger partial charge in [-0.15, -0.1) is 0 Å². The maximum atomic E-state index is 11.9. The number of benzene rings is 1. The summed E-state index contributed by atoms with van der Waals surface area (Å²) in [5, 5.41) is 11.5. The molecule has 1 aliphatic carbocycles. The minimum atomic E-state index is -0.726. The fourth-order valence-corrected chi connectivity index (χ4v) is 5.78. The van der Waals surface area contributed by atoms with Crippen molar-refractivity contribution in [3.8, 4) is 5.75 Å². The van der Waals surface area contributed by atoms with Crippen molar-refractivity contribution < 1.29 is 9.29 Å². The van der Waals surface area contributed by atoms with Crippen LogP contribution in [0, 0.1) is 5.41 Å². The van der Waals surface area contributed by atoms with Gasteiger partial charge in [0.1, 0.15) is 17.3 Å². The Balaban J connectivity index is 1.65. The number of hydrogen-bond acceptors (Lipinski definition) is 5. The number of nitrogens with zero attached hydrogens (tertiary/aromatic N) is 1. The van der Waals surface area contributed by atoms with Crippen molar-refractivity contribution in [3.05, 3.63) is 29.5 Å². The highest BCUT2D eigenvalue weighted by Crippen LogP contribution is 2.42. The summed E-state index contributed by atoms with van der Waals surface area (Å²) in [5.74, 6) is 2.48. The van der Waals surface area contributed by atoms with Crippen molar-refractivity contribution >= 4 is 28.7 Å². The minimum absolute atomic E-state index is 0.222. The number of anilines is 1. The number of fused-ring (bicyclic) bond motifs is 1. The lowest BCUT2D eigenvalue weighted by atomic mass is 9.91. The van der Waals surface area contributed by atoms with Crippen LogP contribution in [0.25, 0.3) is 5.57 Å². The van der Waals surface area contributed by atoms with Crippen LogP contribution in [0.4, 0.5) is 5.69 Å². The summed E-state index contributed by atoms with van der Waals surface area (Å²) < 4.78 is 18.4. The van der Waals surface area contributed by atoms with Crippen molar-refractivity contribution in [2.45, 2.75) is 70.1 Å². The first kappa shape index (κ1) is 20.6. The molecule has 0 radical (unpaired) electrons. The van der Waals surface area contributed by atoms with E-state index in [0.29, 0.717) is 17.9 Å². The van der Waals surface area contributed by atoms with Gasteiger partial charge in [-0.05, 0) is 64.0 Å². The van der Waals surface area contributed by atoms with Gasteiger partial charge < -0.3 is 24.9 Å². The summed E-state index contributed by atoms with van der Waals surface area (Å²) >= 11 is -0.726. The first-order valence-electron chi connectivity index (χ1n) is 10.9. The monoisotopic (exact) mass is 415 g/mol. The molecule has 158 valence electrons. The smallest absolute Gasteiger partial charge is 0.132 e. The number of hydrogen-bond donors (Lipinski definition) is 2. The van der Waals surface area contributed by atoms with Crippen molar-refractivity contribution in [1.29, 1.82) is 5.41 Å². The molecular weight excluding hydrogens is 382 g/mol. The molecule has 2 aliphatic heterocycles. The number of rotatable bonds is 6. The van der Waals surface area contributed by atoms with Gasteiger partial charge in [-0.3, -0.25) is 0 Å². The van der Waals surface area contributed by atoms with Crippen LogP contribution in [0.15, 0.2) is 18.3 Å². The van der Waals surface area contributed by atoms with Crippen LogP contribution in [0.2, 0.25) is 0 Å². The summed E-state index contributed by atoms with van der Waals surface area (Å²) in [4.78, 5) is 2.35. The Morgan fingerprint density at radius 3 is 2.79 bits per heavy atom. The molecule has 2 N–H and O–H groups in total. The Kier molecular flexibility index (Phi) is 6.40. The Hall–Kier alpha value is -1.66. The third-order valence-electron chi connectivity index (χ3n) is 6.68. The predicted molar refractivity (Wildman–Crippen MR) is 122 cm³/mol. The molecule has 1 aromatic carbocycles. The molecule has 2 heterocycles. The van der Waals surface area contributed by atoms with Crippen LogP contribution >= 0.6 is 0 Å². The molecule has 0 bridgehead atoms. The van der Waals surface area contributed by atoms with Crippen LogP contribution in [0.1, 0.15) is 56.6 Å². The molecule has 6 heteroatoms. The summed E-state index contributed by atoms with van der Waals surface area (Å²) in [6.45, 7) is 2.27. The molecule has 1 aromatic rings. The number of allylic oxidation sites excluding steroid dienone is 1. The van der Waals surface area contributed by atoms with E-state index in [-0.39, 0.29) is 6.04 Å². The first-order chi connectivity index (χ1) is 14.1. The molecular formula is C23H33N3O2S. The molecule has 1 saturated carbocycles. The Bertz CT molecular complexity index is 778. The van der Waals surface area contributed by atoms with E-state index < -0.39 is 11.2 Å². The third kappa shape index (κ3) is 4.43. The molecule has 3 unspecified atom stereocenters. The second kappa shape index (κ2) is 9.00. The van der Waals surface area contributed by atoms with E-state index in [4.69, 9.17) is 10.1 Å². The van der Waals surface area contributed by atoms with E-state index in [2.05, 4.69) is 36.3 Å². The maximum absolute atomic E-state index is 11.9. The van der Waals surface area contributed by atoms with Gasteiger partial charge in [-0.2, -0.15) is 0 Å². The SMILES string of the molecule is CC1CCc2c(ccc(/C(C=N)=C/NC3CCC[S+]([O-])C3)c2OC2CCC2)N1C. The highest BCUT2D eigenvalue weighted by atomic mass is 32.2. The molecule has 5 nitrogen and oxygen atoms in total. The van der Waals surface area contributed by atoms with E-state index >= 15 is 0 Å². The second-order valence-corrected chi connectivity index (χ2v) is 10.3. The topological polar surface area (TPSA) is 71.4 Å². The summed E-state index contributed by atoms with van der Waals surface area (Å²) in [6, 6.07) is 5.04. The standard InChI is InChI=1S/C23H33N3O2S/c1-16-8-9-21-22(26(16)2)11-10-20(23(21)28-19-6-3-7-19)17(13-24)14-25-18-5-4-12-29(27)15-18/h10-11,13-14,16,18-19,24-25H,3-9,12,15H2,1-2H3/b17-14+,24-13?. The zero-order valence-electron chi connectivity index (χ0n) is 17.6. The lowest BCUT2D eigenvalue weighted by molar-refractivity contribution is 0.118. The van der Waals surface area contributed by atoms with Gasteiger partial charge >= 0.3 is 0 Å². The Morgan fingerprint density at radius 2 is 2.10 bits per heavy atom. The highest BCUT2D eigenvalue weighted by Gasteiger charge is 2.29. The zero-order chi connectivity index (χ0) is 20.4. The molecule has 3 atom stereocenters. The van der Waals surface area contributed by atoms with E-state index in [0.717, 1.165) is 61.2 Å². The van der Waals surface area contributed by atoms with Crippen LogP contribution in [0.3, 0.4) is 0 Å². The van der Waals surface area contributed by atoms with Crippen molar-refractivity contribution in [2.75, 3.05) is 23.5 Å². The molecule has 0 amide bonds. The highest BCUT2D eigenvalue weighted by molar-refractivity contribution is 7.91. The van der Waals surface area contributed by atoms with E-state index in [1.165, 1.54) is 23.9 Å². The van der Waals surface area contributed by atoms with E-state index in [1.807, 2.05) is 6.20 Å². The lowest BCUT2D eigenvalue weighted by Crippen LogP contribution is -2.37. The van der Waals surface area contributed by atoms with Crippen LogP contribution in [0.5, 0.6) is 5.75 Å². The average Bonchev–Trinajstić information content (AvgIpc) is 2.68. The molecule has 2 fully saturated rings. The lowest BCUT2D eigenvalue weighted by Gasteiger charge is -2.37.